The van der Waals surface area contributed by atoms with Crippen molar-refractivity contribution in [2.75, 3.05) is 11.9 Å². The fraction of sp³-hybridized carbons (Fsp3) is 0.462. The van der Waals surface area contributed by atoms with E-state index in [9.17, 15) is 4.79 Å². The van der Waals surface area contributed by atoms with Gasteiger partial charge in [0.2, 0.25) is 17.7 Å². The zero-order valence-corrected chi connectivity index (χ0v) is 10.9. The van der Waals surface area contributed by atoms with Crippen LogP contribution in [-0.4, -0.2) is 28.5 Å². The minimum atomic E-state index is -0.303. The first-order valence-electron chi connectivity index (χ1n) is 6.37. The van der Waals surface area contributed by atoms with Gasteiger partial charge in [-0.05, 0) is 19.8 Å². The molecule has 2 atom stereocenters. The van der Waals surface area contributed by atoms with Gasteiger partial charge in [0.1, 0.15) is 0 Å². The lowest BCUT2D eigenvalue weighted by atomic mass is 9.88. The minimum Gasteiger partial charge on any atom is -0.478 e. The number of carbonyl (C=O) groups is 1. The Morgan fingerprint density at radius 2 is 2.32 bits per heavy atom. The molecule has 6 heteroatoms. The fourth-order valence-corrected chi connectivity index (χ4v) is 2.09. The average Bonchev–Trinajstić information content (AvgIpc) is 2.40. The van der Waals surface area contributed by atoms with Crippen LogP contribution in [0.3, 0.4) is 0 Å². The highest BCUT2D eigenvalue weighted by Gasteiger charge is 2.27. The highest BCUT2D eigenvalue weighted by atomic mass is 16.5. The van der Waals surface area contributed by atoms with Gasteiger partial charge in [-0.15, -0.1) is 0 Å². The van der Waals surface area contributed by atoms with Crippen LogP contribution in [0.1, 0.15) is 19.8 Å². The van der Waals surface area contributed by atoms with Gasteiger partial charge in [-0.3, -0.25) is 4.79 Å². The van der Waals surface area contributed by atoms with Crippen molar-refractivity contribution in [3.8, 4) is 5.88 Å². The smallest absolute Gasteiger partial charge is 0.226 e. The highest BCUT2D eigenvalue weighted by Crippen LogP contribution is 2.22. The molecule has 1 amide bonds. The predicted octanol–water partition coefficient (Wildman–Crippen LogP) is 1.11. The first-order chi connectivity index (χ1) is 9.20. The van der Waals surface area contributed by atoms with E-state index < -0.39 is 0 Å². The summed E-state index contributed by atoms with van der Waals surface area (Å²) in [5.41, 5.74) is 5.41. The van der Waals surface area contributed by atoms with E-state index in [2.05, 4.69) is 15.3 Å². The van der Waals surface area contributed by atoms with Crippen LogP contribution >= 0.6 is 0 Å². The van der Waals surface area contributed by atoms with Gasteiger partial charge in [-0.25, -0.2) is 4.98 Å². The number of nitrogens with two attached hydrogens (primary N) is 1. The van der Waals surface area contributed by atoms with E-state index in [1.54, 1.807) is 12.3 Å². The normalized spacial score (nSPS) is 21.9. The molecular weight excluding hydrogens is 244 g/mol. The summed E-state index contributed by atoms with van der Waals surface area (Å²) >= 11 is 0. The minimum absolute atomic E-state index is 0.0700. The first kappa shape index (κ1) is 13.3. The Morgan fingerprint density at radius 3 is 3.05 bits per heavy atom. The maximum atomic E-state index is 11.4. The molecule has 1 aliphatic carbocycles. The molecule has 0 spiro atoms. The van der Waals surface area contributed by atoms with E-state index in [-0.39, 0.29) is 17.9 Å². The number of nitrogens with zero attached hydrogens (tertiary/aromatic N) is 2. The number of hydrogen-bond acceptors (Lipinski definition) is 5. The lowest BCUT2D eigenvalue weighted by molar-refractivity contribution is -0.122. The topological polar surface area (TPSA) is 90.1 Å². The molecule has 1 aromatic heterocycles. The summed E-state index contributed by atoms with van der Waals surface area (Å²) in [4.78, 5) is 19.8. The molecule has 1 aliphatic rings. The van der Waals surface area contributed by atoms with Gasteiger partial charge in [-0.2, -0.15) is 4.98 Å². The van der Waals surface area contributed by atoms with Crippen LogP contribution in [0.15, 0.2) is 24.4 Å². The van der Waals surface area contributed by atoms with Crippen LogP contribution < -0.4 is 15.8 Å². The number of ether oxygens (including phenoxy) is 1. The van der Waals surface area contributed by atoms with Crippen LogP contribution in [0.25, 0.3) is 0 Å². The summed E-state index contributed by atoms with van der Waals surface area (Å²) in [6.07, 6.45) is 7.01. The van der Waals surface area contributed by atoms with Crippen molar-refractivity contribution in [1.82, 2.24) is 9.97 Å². The van der Waals surface area contributed by atoms with E-state index >= 15 is 0 Å². The number of aromatic nitrogens is 2. The van der Waals surface area contributed by atoms with Gasteiger partial charge in [0.25, 0.3) is 0 Å². The predicted molar refractivity (Wildman–Crippen MR) is 71.7 cm³/mol. The van der Waals surface area contributed by atoms with E-state index in [0.717, 1.165) is 6.42 Å². The van der Waals surface area contributed by atoms with E-state index in [4.69, 9.17) is 10.5 Å². The third-order valence-corrected chi connectivity index (χ3v) is 3.03. The van der Waals surface area contributed by atoms with Gasteiger partial charge in [0.05, 0.1) is 12.5 Å². The molecule has 19 heavy (non-hydrogen) atoms. The Labute approximate surface area is 112 Å². The van der Waals surface area contributed by atoms with Crippen molar-refractivity contribution in [3.63, 3.8) is 0 Å². The van der Waals surface area contributed by atoms with Crippen LogP contribution in [0.5, 0.6) is 5.88 Å². The third kappa shape index (κ3) is 3.43. The number of primary amides is 1. The van der Waals surface area contributed by atoms with Crippen LogP contribution in [0.4, 0.5) is 5.95 Å². The summed E-state index contributed by atoms with van der Waals surface area (Å²) < 4.78 is 5.31. The van der Waals surface area contributed by atoms with Gasteiger partial charge in [0, 0.05) is 18.3 Å². The molecule has 0 aromatic carbocycles. The van der Waals surface area contributed by atoms with Gasteiger partial charge >= 0.3 is 0 Å². The molecule has 0 bridgehead atoms. The molecule has 2 rings (SSSR count). The van der Waals surface area contributed by atoms with Crippen molar-refractivity contribution in [2.24, 2.45) is 11.7 Å². The summed E-state index contributed by atoms with van der Waals surface area (Å²) in [5, 5.41) is 3.16. The molecule has 0 unspecified atom stereocenters. The Morgan fingerprint density at radius 1 is 1.53 bits per heavy atom. The Balaban J connectivity index is 2.08. The number of hydrogen-bond donors (Lipinski definition) is 2. The number of anilines is 1. The Kier molecular flexibility index (Phi) is 4.33. The second-order valence-electron chi connectivity index (χ2n) is 4.35. The molecule has 6 nitrogen and oxygen atoms in total. The molecule has 0 fully saturated rings. The van der Waals surface area contributed by atoms with Crippen LogP contribution in [0, 0.1) is 5.92 Å². The second kappa shape index (κ2) is 6.17. The summed E-state index contributed by atoms with van der Waals surface area (Å²) in [7, 11) is 0. The number of amides is 1. The molecule has 0 saturated heterocycles. The highest BCUT2D eigenvalue weighted by molar-refractivity contribution is 5.78. The van der Waals surface area contributed by atoms with Crippen LogP contribution in [-0.2, 0) is 4.79 Å². The molecule has 1 aromatic rings. The average molecular weight is 262 g/mol. The Hall–Kier alpha value is -2.11. The Bertz CT molecular complexity index is 475. The zero-order chi connectivity index (χ0) is 13.7. The number of rotatable bonds is 5. The lowest BCUT2D eigenvalue weighted by Gasteiger charge is -2.26. The quantitative estimate of drug-likeness (QED) is 0.776. The summed E-state index contributed by atoms with van der Waals surface area (Å²) in [6.45, 7) is 2.44. The summed E-state index contributed by atoms with van der Waals surface area (Å²) in [6, 6.07) is 1.63. The monoisotopic (exact) mass is 262 g/mol. The molecule has 0 aliphatic heterocycles. The molecule has 0 saturated carbocycles. The van der Waals surface area contributed by atoms with E-state index in [1.807, 2.05) is 19.1 Å². The molecule has 1 heterocycles. The van der Waals surface area contributed by atoms with Crippen molar-refractivity contribution >= 4 is 11.9 Å². The molecule has 102 valence electrons. The fourth-order valence-electron chi connectivity index (χ4n) is 2.09. The van der Waals surface area contributed by atoms with Gasteiger partial charge < -0.3 is 15.8 Å². The standard InChI is InChI=1S/C13H18N4O2/c1-2-19-11-7-8-15-13(17-11)16-10-6-4-3-5-9(10)12(14)18/h3-4,7-10H,2,5-6H2,1H3,(H2,14,18)(H,15,16,17)/t9-,10-/m0/s1. The van der Waals surface area contributed by atoms with E-state index in [0.29, 0.717) is 24.9 Å². The molecular formula is C13H18N4O2. The molecule has 0 radical (unpaired) electrons. The van der Waals surface area contributed by atoms with Gasteiger partial charge in [0.15, 0.2) is 0 Å². The van der Waals surface area contributed by atoms with Crippen molar-refractivity contribution < 1.29 is 9.53 Å². The van der Waals surface area contributed by atoms with Crippen molar-refractivity contribution in [1.29, 1.82) is 0 Å². The third-order valence-electron chi connectivity index (χ3n) is 3.03. The number of nitrogens with one attached hydrogen (secondary N) is 1. The van der Waals surface area contributed by atoms with E-state index in [1.165, 1.54) is 0 Å². The van der Waals surface area contributed by atoms with Crippen LogP contribution in [0.2, 0.25) is 0 Å². The zero-order valence-electron chi connectivity index (χ0n) is 10.9. The lowest BCUT2D eigenvalue weighted by Crippen LogP contribution is -2.39. The second-order valence-corrected chi connectivity index (χ2v) is 4.35. The SMILES string of the molecule is CCOc1ccnc(N[C@H]2CC=CC[C@@H]2C(N)=O)n1. The first-order valence-corrected chi connectivity index (χ1v) is 6.37. The van der Waals surface area contributed by atoms with Crippen molar-refractivity contribution in [2.45, 2.75) is 25.8 Å². The van der Waals surface area contributed by atoms with Gasteiger partial charge in [-0.1, -0.05) is 12.2 Å². The van der Waals surface area contributed by atoms with Crippen molar-refractivity contribution in [3.05, 3.63) is 24.4 Å². The number of allylic oxidation sites excluding steroid dienone is 1. The maximum absolute atomic E-state index is 11.4. The summed E-state index contributed by atoms with van der Waals surface area (Å²) in [5.74, 6) is 0.437. The maximum Gasteiger partial charge on any atom is 0.226 e. The largest absolute Gasteiger partial charge is 0.478 e. The number of carbonyl (C=O) groups excluding carboxylic acids is 1. The molecule has 3 N–H and O–H groups in total.